The van der Waals surface area contributed by atoms with E-state index >= 15 is 0 Å². The van der Waals surface area contributed by atoms with Gasteiger partial charge in [0, 0.05) is 6.61 Å². The van der Waals surface area contributed by atoms with Crippen LogP contribution in [-0.2, 0) is 10.3 Å². The lowest BCUT2D eigenvalue weighted by molar-refractivity contribution is -0.00632. The van der Waals surface area contributed by atoms with E-state index in [1.165, 1.54) is 0 Å². The van der Waals surface area contributed by atoms with Crippen LogP contribution >= 0.6 is 0 Å². The molecule has 0 bridgehead atoms. The van der Waals surface area contributed by atoms with E-state index in [0.717, 1.165) is 19.4 Å². The Bertz CT molecular complexity index is 316. The summed E-state index contributed by atoms with van der Waals surface area (Å²) in [5.74, 6) is 1.01. The van der Waals surface area contributed by atoms with Crippen LogP contribution in [0.3, 0.4) is 0 Å². The molecule has 0 aliphatic carbocycles. The molecule has 5 nitrogen and oxygen atoms in total. The predicted octanol–water partition coefficient (Wildman–Crippen LogP) is 1.11. The van der Waals surface area contributed by atoms with Gasteiger partial charge in [-0.05, 0) is 26.7 Å². The second-order valence-electron chi connectivity index (χ2n) is 3.92. The molecule has 78 valence electrons. The van der Waals surface area contributed by atoms with E-state index in [9.17, 15) is 0 Å². The van der Waals surface area contributed by atoms with Crippen molar-refractivity contribution in [3.8, 4) is 0 Å². The fraction of sp³-hybridized carbons (Fsp3) is 0.778. The second-order valence-corrected chi connectivity index (χ2v) is 3.92. The van der Waals surface area contributed by atoms with E-state index in [1.54, 1.807) is 0 Å². The van der Waals surface area contributed by atoms with Gasteiger partial charge in [-0.25, -0.2) is 0 Å². The molecule has 14 heavy (non-hydrogen) atoms. The summed E-state index contributed by atoms with van der Waals surface area (Å²) >= 11 is 0. The molecule has 5 heteroatoms. The van der Waals surface area contributed by atoms with E-state index in [1.807, 2.05) is 13.8 Å². The van der Waals surface area contributed by atoms with Gasteiger partial charge in [-0.1, -0.05) is 0 Å². The molecule has 2 atom stereocenters. The van der Waals surface area contributed by atoms with Crippen molar-refractivity contribution in [3.05, 3.63) is 11.8 Å². The van der Waals surface area contributed by atoms with Gasteiger partial charge in [0.25, 0.3) is 0 Å². The Morgan fingerprint density at radius 1 is 1.50 bits per heavy atom. The van der Waals surface area contributed by atoms with Gasteiger partial charge in [0.05, 0.1) is 6.04 Å². The van der Waals surface area contributed by atoms with Gasteiger partial charge >= 0.3 is 0 Å². The summed E-state index contributed by atoms with van der Waals surface area (Å²) in [5.41, 5.74) is 5.23. The van der Waals surface area contributed by atoms with Crippen molar-refractivity contribution in [1.82, 2.24) is 10.2 Å². The van der Waals surface area contributed by atoms with Gasteiger partial charge in [-0.3, -0.25) is 0 Å². The van der Waals surface area contributed by atoms with Crippen LogP contribution in [0.4, 0.5) is 0 Å². The molecule has 1 fully saturated rings. The molecule has 1 aromatic heterocycles. The van der Waals surface area contributed by atoms with Crippen LogP contribution in [0.15, 0.2) is 4.42 Å². The zero-order valence-corrected chi connectivity index (χ0v) is 8.49. The lowest BCUT2D eigenvalue weighted by Gasteiger charge is -2.17. The Labute approximate surface area is 82.6 Å². The van der Waals surface area contributed by atoms with Crippen molar-refractivity contribution in [2.45, 2.75) is 38.3 Å². The third kappa shape index (κ3) is 1.53. The number of ether oxygens (including phenoxy) is 1. The van der Waals surface area contributed by atoms with E-state index < -0.39 is 5.60 Å². The van der Waals surface area contributed by atoms with Crippen molar-refractivity contribution >= 4 is 0 Å². The number of hydrogen-bond donors (Lipinski definition) is 1. The largest absolute Gasteiger partial charge is 0.420 e. The zero-order chi connectivity index (χ0) is 10.2. The maximum absolute atomic E-state index is 5.63. The average Bonchev–Trinajstić information content (AvgIpc) is 2.71. The summed E-state index contributed by atoms with van der Waals surface area (Å²) < 4.78 is 11.0. The van der Waals surface area contributed by atoms with Crippen molar-refractivity contribution in [3.63, 3.8) is 0 Å². The van der Waals surface area contributed by atoms with Gasteiger partial charge in [0.2, 0.25) is 11.8 Å². The van der Waals surface area contributed by atoms with Crippen LogP contribution in [0.25, 0.3) is 0 Å². The molecular formula is C9H15N3O2. The molecule has 1 aliphatic rings. The summed E-state index contributed by atoms with van der Waals surface area (Å²) in [7, 11) is 0. The number of rotatable bonds is 2. The highest BCUT2D eigenvalue weighted by Crippen LogP contribution is 2.34. The van der Waals surface area contributed by atoms with Crippen LogP contribution in [0.5, 0.6) is 0 Å². The first-order valence-corrected chi connectivity index (χ1v) is 4.85. The summed E-state index contributed by atoms with van der Waals surface area (Å²) in [6.07, 6.45) is 1.96. The second kappa shape index (κ2) is 3.33. The SMILES string of the molecule is CC(N)c1nnc(C2(C)CCCO2)o1. The maximum Gasteiger partial charge on any atom is 0.248 e. The third-order valence-corrected chi connectivity index (χ3v) is 2.50. The zero-order valence-electron chi connectivity index (χ0n) is 8.49. The average molecular weight is 197 g/mol. The minimum absolute atomic E-state index is 0.221. The predicted molar refractivity (Wildman–Crippen MR) is 49.4 cm³/mol. The van der Waals surface area contributed by atoms with Crippen LogP contribution in [0, 0.1) is 0 Å². The summed E-state index contributed by atoms with van der Waals surface area (Å²) in [6, 6.07) is -0.221. The fourth-order valence-electron chi connectivity index (χ4n) is 1.58. The van der Waals surface area contributed by atoms with Crippen molar-refractivity contribution < 1.29 is 9.15 Å². The number of nitrogens with zero attached hydrogens (tertiary/aromatic N) is 2. The molecule has 1 aliphatic heterocycles. The Morgan fingerprint density at radius 3 is 2.79 bits per heavy atom. The lowest BCUT2D eigenvalue weighted by Crippen LogP contribution is -2.20. The van der Waals surface area contributed by atoms with Gasteiger partial charge in [-0.15, -0.1) is 10.2 Å². The molecular weight excluding hydrogens is 182 g/mol. The van der Waals surface area contributed by atoms with E-state index in [-0.39, 0.29) is 6.04 Å². The van der Waals surface area contributed by atoms with Crippen molar-refractivity contribution in [2.75, 3.05) is 6.61 Å². The highest BCUT2D eigenvalue weighted by atomic mass is 16.5. The molecule has 0 amide bonds. The van der Waals surface area contributed by atoms with Gasteiger partial charge in [-0.2, -0.15) is 0 Å². The topological polar surface area (TPSA) is 74.2 Å². The fourth-order valence-corrected chi connectivity index (χ4v) is 1.58. The monoisotopic (exact) mass is 197 g/mol. The first-order chi connectivity index (χ1) is 6.62. The highest BCUT2D eigenvalue weighted by molar-refractivity contribution is 4.99. The van der Waals surface area contributed by atoms with E-state index in [0.29, 0.717) is 11.8 Å². The quantitative estimate of drug-likeness (QED) is 0.768. The summed E-state index contributed by atoms with van der Waals surface area (Å²) in [4.78, 5) is 0. The van der Waals surface area contributed by atoms with Crippen LogP contribution in [0.1, 0.15) is 44.5 Å². The van der Waals surface area contributed by atoms with Gasteiger partial charge < -0.3 is 14.9 Å². The summed E-state index contributed by atoms with van der Waals surface area (Å²) in [6.45, 7) is 4.54. The molecule has 0 radical (unpaired) electrons. The Balaban J connectivity index is 2.23. The van der Waals surface area contributed by atoms with E-state index in [2.05, 4.69) is 10.2 Å². The standard InChI is InChI=1S/C9H15N3O2/c1-6(10)7-11-12-8(14-7)9(2)4-3-5-13-9/h6H,3-5,10H2,1-2H3. The molecule has 2 rings (SSSR count). The minimum atomic E-state index is -0.403. The van der Waals surface area contributed by atoms with E-state index in [4.69, 9.17) is 14.9 Å². The molecule has 0 aromatic carbocycles. The smallest absolute Gasteiger partial charge is 0.248 e. The molecule has 0 spiro atoms. The van der Waals surface area contributed by atoms with Gasteiger partial charge in [0.15, 0.2) is 0 Å². The minimum Gasteiger partial charge on any atom is -0.420 e. The van der Waals surface area contributed by atoms with Crippen molar-refractivity contribution in [1.29, 1.82) is 0 Å². The third-order valence-electron chi connectivity index (χ3n) is 2.50. The maximum atomic E-state index is 5.63. The Kier molecular flexibility index (Phi) is 2.28. The molecule has 1 aromatic rings. The normalized spacial score (nSPS) is 29.4. The van der Waals surface area contributed by atoms with Gasteiger partial charge in [0.1, 0.15) is 5.60 Å². The summed E-state index contributed by atoms with van der Waals surface area (Å²) in [5, 5.41) is 7.85. The first-order valence-electron chi connectivity index (χ1n) is 4.85. The molecule has 2 N–H and O–H groups in total. The lowest BCUT2D eigenvalue weighted by atomic mass is 10.0. The number of aromatic nitrogens is 2. The highest BCUT2D eigenvalue weighted by Gasteiger charge is 2.37. The molecule has 1 saturated heterocycles. The van der Waals surface area contributed by atoms with Crippen LogP contribution in [0.2, 0.25) is 0 Å². The van der Waals surface area contributed by atoms with Crippen LogP contribution in [-0.4, -0.2) is 16.8 Å². The Hall–Kier alpha value is -0.940. The molecule has 2 heterocycles. The number of nitrogens with two attached hydrogens (primary N) is 1. The molecule has 0 saturated carbocycles. The van der Waals surface area contributed by atoms with Crippen LogP contribution < -0.4 is 5.73 Å². The Morgan fingerprint density at radius 2 is 2.29 bits per heavy atom. The number of hydrogen-bond acceptors (Lipinski definition) is 5. The molecule has 2 unspecified atom stereocenters. The first kappa shape index (κ1) is 9.61. The van der Waals surface area contributed by atoms with Crippen molar-refractivity contribution in [2.24, 2.45) is 5.73 Å².